The molecule has 1 saturated heterocycles. The normalized spacial score (nSPS) is 14.5. The molecule has 0 radical (unpaired) electrons. The maximum Gasteiger partial charge on any atom is 0.293 e. The van der Waals surface area contributed by atoms with Gasteiger partial charge in [-0.05, 0) is 93.4 Å². The largest absolute Gasteiger partial charge is 0.483 e. The molecule has 10 heteroatoms. The van der Waals surface area contributed by atoms with Crippen molar-refractivity contribution in [1.29, 1.82) is 0 Å². The molecule has 178 valence electrons. The molecule has 35 heavy (non-hydrogen) atoms. The highest BCUT2D eigenvalue weighted by molar-refractivity contribution is 9.10. The average Bonchev–Trinajstić information content (AvgIpc) is 3.08. The van der Waals surface area contributed by atoms with Crippen molar-refractivity contribution in [3.8, 4) is 5.75 Å². The quantitative estimate of drug-likeness (QED) is 0.280. The number of thioether (sulfide) groups is 1. The van der Waals surface area contributed by atoms with E-state index in [1.807, 2.05) is 24.3 Å². The number of halogens is 3. The van der Waals surface area contributed by atoms with Crippen LogP contribution < -0.4 is 10.1 Å². The summed E-state index contributed by atoms with van der Waals surface area (Å²) in [6.45, 7) is 0.0271. The van der Waals surface area contributed by atoms with E-state index in [4.69, 9.17) is 16.3 Å². The van der Waals surface area contributed by atoms with Gasteiger partial charge in [0.1, 0.15) is 5.75 Å². The smallest absolute Gasteiger partial charge is 0.293 e. The lowest BCUT2D eigenvalue weighted by Crippen LogP contribution is -2.27. The van der Waals surface area contributed by atoms with Crippen LogP contribution in [0.3, 0.4) is 0 Å². The molecule has 3 aromatic carbocycles. The number of benzene rings is 3. The Morgan fingerprint density at radius 1 is 1.03 bits per heavy atom. The second-order valence-corrected chi connectivity index (χ2v) is 10.6. The van der Waals surface area contributed by atoms with E-state index in [1.54, 1.807) is 48.5 Å². The third-order valence-electron chi connectivity index (χ3n) is 4.87. The number of amides is 3. The van der Waals surface area contributed by atoms with Gasteiger partial charge in [-0.3, -0.25) is 19.3 Å². The zero-order valence-corrected chi connectivity index (χ0v) is 22.7. The molecule has 0 aliphatic carbocycles. The summed E-state index contributed by atoms with van der Waals surface area (Å²) < 4.78 is 7.14. The molecule has 0 bridgehead atoms. The Kier molecular flexibility index (Phi) is 8.33. The molecule has 0 saturated carbocycles. The van der Waals surface area contributed by atoms with Crippen molar-refractivity contribution in [2.24, 2.45) is 0 Å². The van der Waals surface area contributed by atoms with Gasteiger partial charge in [0, 0.05) is 15.2 Å². The van der Waals surface area contributed by atoms with Gasteiger partial charge in [-0.15, -0.1) is 0 Å². The molecular weight excluding hydrogens is 620 g/mol. The van der Waals surface area contributed by atoms with Gasteiger partial charge in [-0.25, -0.2) is 0 Å². The van der Waals surface area contributed by atoms with Crippen molar-refractivity contribution in [2.75, 3.05) is 11.9 Å². The minimum atomic E-state index is -0.335. The highest BCUT2D eigenvalue weighted by Crippen LogP contribution is 2.35. The van der Waals surface area contributed by atoms with Crippen molar-refractivity contribution in [2.45, 2.75) is 6.54 Å². The maximum atomic E-state index is 12.8. The van der Waals surface area contributed by atoms with Gasteiger partial charge in [0.05, 0.1) is 15.9 Å². The molecule has 6 nitrogen and oxygen atoms in total. The minimum Gasteiger partial charge on any atom is -0.483 e. The first-order valence-electron chi connectivity index (χ1n) is 10.3. The van der Waals surface area contributed by atoms with Crippen LogP contribution >= 0.6 is 55.2 Å². The summed E-state index contributed by atoms with van der Waals surface area (Å²) in [5.41, 5.74) is 2.19. The number of hydrogen-bond acceptors (Lipinski definition) is 5. The van der Waals surface area contributed by atoms with E-state index in [0.29, 0.717) is 31.4 Å². The van der Waals surface area contributed by atoms with Crippen LogP contribution in [-0.2, 0) is 16.1 Å². The van der Waals surface area contributed by atoms with Crippen LogP contribution in [0.15, 0.2) is 80.6 Å². The number of imide groups is 1. The maximum absolute atomic E-state index is 12.8. The molecule has 0 unspecified atom stereocenters. The van der Waals surface area contributed by atoms with Crippen molar-refractivity contribution >= 4 is 84.0 Å². The van der Waals surface area contributed by atoms with Crippen LogP contribution in [-0.4, -0.2) is 28.6 Å². The van der Waals surface area contributed by atoms with E-state index in [0.717, 1.165) is 21.8 Å². The fourth-order valence-electron chi connectivity index (χ4n) is 3.16. The van der Waals surface area contributed by atoms with Crippen molar-refractivity contribution in [3.05, 3.63) is 96.7 Å². The Bertz CT molecular complexity index is 1310. The minimum absolute atomic E-state index is 0.185. The number of carbonyl (C=O) groups is 3. The monoisotopic (exact) mass is 634 g/mol. The number of rotatable bonds is 7. The second-order valence-electron chi connectivity index (χ2n) is 7.43. The molecule has 1 N–H and O–H groups in total. The Morgan fingerprint density at radius 3 is 2.43 bits per heavy atom. The lowest BCUT2D eigenvalue weighted by Gasteiger charge is -2.12. The van der Waals surface area contributed by atoms with E-state index in [-0.39, 0.29) is 30.2 Å². The highest BCUT2D eigenvalue weighted by Gasteiger charge is 2.35. The zero-order chi connectivity index (χ0) is 24.9. The van der Waals surface area contributed by atoms with Crippen molar-refractivity contribution in [1.82, 2.24) is 4.90 Å². The third kappa shape index (κ3) is 6.76. The van der Waals surface area contributed by atoms with Gasteiger partial charge < -0.3 is 10.1 Å². The third-order valence-corrected chi connectivity index (χ3v) is 7.18. The van der Waals surface area contributed by atoms with Crippen LogP contribution in [0.25, 0.3) is 6.08 Å². The number of ether oxygens (including phenoxy) is 1. The van der Waals surface area contributed by atoms with E-state index in [2.05, 4.69) is 37.2 Å². The summed E-state index contributed by atoms with van der Waals surface area (Å²) in [4.78, 5) is 38.9. The van der Waals surface area contributed by atoms with Gasteiger partial charge in [0.15, 0.2) is 6.61 Å². The molecule has 3 amide bonds. The lowest BCUT2D eigenvalue weighted by atomic mass is 10.2. The zero-order valence-electron chi connectivity index (χ0n) is 18.0. The molecule has 3 aromatic rings. The summed E-state index contributed by atoms with van der Waals surface area (Å²) in [6, 6.07) is 19.4. The van der Waals surface area contributed by atoms with Gasteiger partial charge in [-0.2, -0.15) is 0 Å². The van der Waals surface area contributed by atoms with Gasteiger partial charge in [0.2, 0.25) is 0 Å². The van der Waals surface area contributed by atoms with E-state index in [9.17, 15) is 14.4 Å². The topological polar surface area (TPSA) is 75.7 Å². The molecule has 0 atom stereocenters. The molecule has 1 aliphatic rings. The van der Waals surface area contributed by atoms with Crippen molar-refractivity contribution in [3.63, 3.8) is 0 Å². The Labute approximate surface area is 227 Å². The number of hydrogen-bond donors (Lipinski definition) is 1. The fourth-order valence-corrected chi connectivity index (χ4v) is 4.90. The number of carbonyl (C=O) groups excluding carboxylic acids is 3. The predicted molar refractivity (Wildman–Crippen MR) is 145 cm³/mol. The van der Waals surface area contributed by atoms with Crippen LogP contribution in [0, 0.1) is 0 Å². The lowest BCUT2D eigenvalue weighted by molar-refractivity contribution is -0.123. The SMILES string of the molecule is O=C(COc1ccc(/C=C2\SC(=O)N(Cc3ccc(Br)cc3)C2=O)cc1Br)Nc1ccc(Cl)cc1. The summed E-state index contributed by atoms with van der Waals surface area (Å²) in [5, 5.41) is 3.00. The second kappa shape index (κ2) is 11.4. The number of anilines is 1. The van der Waals surface area contributed by atoms with Crippen LogP contribution in [0.2, 0.25) is 5.02 Å². The standard InChI is InChI=1S/C25H17Br2ClN2O4S/c26-17-4-1-15(2-5-17)13-30-24(32)22(35-25(30)33)12-16-3-10-21(20(27)11-16)34-14-23(31)29-19-8-6-18(28)7-9-19/h1-12H,13-14H2,(H,29,31)/b22-12-. The first-order valence-corrected chi connectivity index (χ1v) is 13.0. The predicted octanol–water partition coefficient (Wildman–Crippen LogP) is 7.12. The molecule has 1 heterocycles. The first-order chi connectivity index (χ1) is 16.8. The van der Waals surface area contributed by atoms with E-state index >= 15 is 0 Å². The summed E-state index contributed by atoms with van der Waals surface area (Å²) in [6.07, 6.45) is 1.66. The van der Waals surface area contributed by atoms with E-state index < -0.39 is 0 Å². The Morgan fingerprint density at radius 2 is 1.74 bits per heavy atom. The molecule has 0 spiro atoms. The summed E-state index contributed by atoms with van der Waals surface area (Å²) >= 11 is 13.6. The molecule has 1 fully saturated rings. The van der Waals surface area contributed by atoms with Crippen LogP contribution in [0.4, 0.5) is 10.5 Å². The number of nitrogens with one attached hydrogen (secondary N) is 1. The van der Waals surface area contributed by atoms with Crippen LogP contribution in [0.5, 0.6) is 5.75 Å². The molecular formula is C25H17Br2ClN2O4S. The first kappa shape index (κ1) is 25.5. The highest BCUT2D eigenvalue weighted by atomic mass is 79.9. The molecule has 0 aromatic heterocycles. The van der Waals surface area contributed by atoms with Crippen LogP contribution in [0.1, 0.15) is 11.1 Å². The number of nitrogens with zero attached hydrogens (tertiary/aromatic N) is 1. The van der Waals surface area contributed by atoms with Gasteiger partial charge in [-0.1, -0.05) is 45.7 Å². The van der Waals surface area contributed by atoms with Gasteiger partial charge in [0.25, 0.3) is 17.1 Å². The Balaban J connectivity index is 1.37. The van der Waals surface area contributed by atoms with Crippen molar-refractivity contribution < 1.29 is 19.1 Å². The van der Waals surface area contributed by atoms with E-state index in [1.165, 1.54) is 4.90 Å². The van der Waals surface area contributed by atoms with Gasteiger partial charge >= 0.3 is 0 Å². The molecule has 4 rings (SSSR count). The average molecular weight is 637 g/mol. The molecule has 1 aliphatic heterocycles. The fraction of sp³-hybridized carbons (Fsp3) is 0.0800. The summed E-state index contributed by atoms with van der Waals surface area (Å²) in [7, 11) is 0. The summed E-state index contributed by atoms with van der Waals surface area (Å²) in [5.74, 6) is -0.183. The Hall–Kier alpha value is -2.59.